The smallest absolute Gasteiger partial charge is 0.229 e. The largest absolute Gasteiger partial charge is 0.348 e. The highest BCUT2D eigenvalue weighted by Gasteiger charge is 2.18. The molecule has 3 aromatic rings. The van der Waals surface area contributed by atoms with E-state index in [1.165, 1.54) is 23.5 Å². The number of halogens is 1. The van der Waals surface area contributed by atoms with Crippen LogP contribution in [0.15, 0.2) is 48.5 Å². The molecule has 0 spiro atoms. The fourth-order valence-corrected chi connectivity index (χ4v) is 4.70. The van der Waals surface area contributed by atoms with Crippen molar-refractivity contribution in [1.29, 1.82) is 0 Å². The van der Waals surface area contributed by atoms with Gasteiger partial charge in [0.1, 0.15) is 10.8 Å². The summed E-state index contributed by atoms with van der Waals surface area (Å²) in [5, 5.41) is 3.70. The molecule has 0 saturated heterocycles. The minimum absolute atomic E-state index is 0.0334. The second kappa shape index (κ2) is 8.93. The van der Waals surface area contributed by atoms with Crippen LogP contribution in [0.5, 0.6) is 0 Å². The first-order valence-electron chi connectivity index (χ1n) is 9.20. The number of hydrogen-bond donors (Lipinski definition) is 2. The Balaban J connectivity index is 1.72. The van der Waals surface area contributed by atoms with E-state index in [1.54, 1.807) is 36.4 Å². The molecule has 30 heavy (non-hydrogen) atoms. The molecular weight excluding hydrogens is 425 g/mol. The van der Waals surface area contributed by atoms with Crippen molar-refractivity contribution in [3.8, 4) is 10.6 Å². The van der Waals surface area contributed by atoms with Crippen molar-refractivity contribution < 1.29 is 17.6 Å². The Morgan fingerprint density at radius 2 is 1.83 bits per heavy atom. The number of para-hydroxylation sites is 1. The lowest BCUT2D eigenvalue weighted by Gasteiger charge is -2.15. The van der Waals surface area contributed by atoms with E-state index in [9.17, 15) is 17.6 Å². The van der Waals surface area contributed by atoms with E-state index in [2.05, 4.69) is 15.0 Å². The van der Waals surface area contributed by atoms with Crippen molar-refractivity contribution >= 4 is 33.0 Å². The van der Waals surface area contributed by atoms with E-state index < -0.39 is 10.0 Å². The van der Waals surface area contributed by atoms with Crippen LogP contribution in [0, 0.1) is 12.7 Å². The summed E-state index contributed by atoms with van der Waals surface area (Å²) in [4.78, 5) is 18.0. The van der Waals surface area contributed by atoms with Gasteiger partial charge in [0, 0.05) is 5.56 Å². The first-order chi connectivity index (χ1) is 14.1. The van der Waals surface area contributed by atoms with Crippen molar-refractivity contribution in [2.45, 2.75) is 26.3 Å². The fraction of sp³-hybridized carbons (Fsp3) is 0.238. The number of carbonyl (C=O) groups excluding carboxylic acids is 1. The standard InChI is InChI=1S/C21H22FN3O3S2/c1-13(20-14(2)24-21(29-20)15-8-10-17(22)11-9-15)23-19(26)12-16-6-4-5-7-18(16)25-30(3,27)28/h4-11,13,25H,12H2,1-3H3,(H,23,26). The maximum absolute atomic E-state index is 13.2. The molecule has 1 atom stereocenters. The molecule has 0 bridgehead atoms. The molecule has 3 rings (SSSR count). The number of benzene rings is 2. The number of rotatable bonds is 7. The number of anilines is 1. The van der Waals surface area contributed by atoms with Crippen LogP contribution in [0.4, 0.5) is 10.1 Å². The van der Waals surface area contributed by atoms with Crippen molar-refractivity contribution in [2.75, 3.05) is 11.0 Å². The molecule has 1 amide bonds. The lowest BCUT2D eigenvalue weighted by atomic mass is 10.1. The minimum Gasteiger partial charge on any atom is -0.348 e. The Kier molecular flexibility index (Phi) is 6.52. The zero-order valence-electron chi connectivity index (χ0n) is 16.8. The second-order valence-corrected chi connectivity index (χ2v) is 9.75. The molecule has 0 fully saturated rings. The average molecular weight is 448 g/mol. The SMILES string of the molecule is Cc1nc(-c2ccc(F)cc2)sc1C(C)NC(=O)Cc1ccccc1NS(C)(=O)=O. The van der Waals surface area contributed by atoms with Crippen LogP contribution in [-0.4, -0.2) is 25.6 Å². The van der Waals surface area contributed by atoms with E-state index in [4.69, 9.17) is 0 Å². The van der Waals surface area contributed by atoms with Gasteiger partial charge in [-0.1, -0.05) is 18.2 Å². The fourth-order valence-electron chi connectivity index (χ4n) is 3.03. The quantitative estimate of drug-likeness (QED) is 0.572. The van der Waals surface area contributed by atoms with Gasteiger partial charge >= 0.3 is 0 Å². The van der Waals surface area contributed by atoms with Gasteiger partial charge in [-0.25, -0.2) is 17.8 Å². The van der Waals surface area contributed by atoms with Gasteiger partial charge in [0.05, 0.1) is 35.0 Å². The van der Waals surface area contributed by atoms with Crippen LogP contribution in [0.3, 0.4) is 0 Å². The first-order valence-corrected chi connectivity index (χ1v) is 11.9. The zero-order valence-corrected chi connectivity index (χ0v) is 18.4. The predicted octanol–water partition coefficient (Wildman–Crippen LogP) is 4.05. The second-order valence-electron chi connectivity index (χ2n) is 6.97. The van der Waals surface area contributed by atoms with E-state index in [1.807, 2.05) is 13.8 Å². The highest BCUT2D eigenvalue weighted by Crippen LogP contribution is 2.32. The summed E-state index contributed by atoms with van der Waals surface area (Å²) in [6.45, 7) is 3.74. The monoisotopic (exact) mass is 447 g/mol. The Morgan fingerprint density at radius 3 is 2.50 bits per heavy atom. The molecule has 1 unspecified atom stereocenters. The number of aryl methyl sites for hydroxylation is 1. The summed E-state index contributed by atoms with van der Waals surface area (Å²) >= 11 is 1.45. The van der Waals surface area contributed by atoms with Crippen LogP contribution in [0.1, 0.15) is 29.1 Å². The van der Waals surface area contributed by atoms with Gasteiger partial charge in [0.25, 0.3) is 0 Å². The van der Waals surface area contributed by atoms with Gasteiger partial charge in [0.2, 0.25) is 15.9 Å². The lowest BCUT2D eigenvalue weighted by Crippen LogP contribution is -2.28. The normalized spacial score (nSPS) is 12.4. The molecule has 6 nitrogen and oxygen atoms in total. The Morgan fingerprint density at radius 1 is 1.17 bits per heavy atom. The molecular formula is C21H22FN3O3S2. The van der Waals surface area contributed by atoms with E-state index in [0.717, 1.165) is 27.4 Å². The average Bonchev–Trinajstić information content (AvgIpc) is 3.04. The molecule has 158 valence electrons. The summed E-state index contributed by atoms with van der Waals surface area (Å²) < 4.78 is 38.7. The number of aromatic nitrogens is 1. The number of nitrogens with one attached hydrogen (secondary N) is 2. The predicted molar refractivity (Wildman–Crippen MR) is 117 cm³/mol. The highest BCUT2D eigenvalue weighted by atomic mass is 32.2. The molecule has 2 N–H and O–H groups in total. The number of amides is 1. The van der Waals surface area contributed by atoms with Crippen LogP contribution < -0.4 is 10.0 Å². The minimum atomic E-state index is -3.45. The summed E-state index contributed by atoms with van der Waals surface area (Å²) in [5.74, 6) is -0.542. The zero-order chi connectivity index (χ0) is 21.9. The molecule has 0 radical (unpaired) electrons. The molecule has 0 aliphatic carbocycles. The molecule has 0 aliphatic heterocycles. The van der Waals surface area contributed by atoms with Gasteiger partial charge < -0.3 is 5.32 Å². The molecule has 1 heterocycles. The number of thiazole rings is 1. The van der Waals surface area contributed by atoms with Crippen molar-refractivity contribution in [3.63, 3.8) is 0 Å². The van der Waals surface area contributed by atoms with Crippen molar-refractivity contribution in [2.24, 2.45) is 0 Å². The molecule has 0 saturated carbocycles. The maximum Gasteiger partial charge on any atom is 0.229 e. The summed E-state index contributed by atoms with van der Waals surface area (Å²) in [5.41, 5.74) is 2.58. The lowest BCUT2D eigenvalue weighted by molar-refractivity contribution is -0.121. The summed E-state index contributed by atoms with van der Waals surface area (Å²) in [6, 6.07) is 12.6. The number of sulfonamides is 1. The number of carbonyl (C=O) groups is 1. The maximum atomic E-state index is 13.2. The van der Waals surface area contributed by atoms with Gasteiger partial charge in [0.15, 0.2) is 0 Å². The van der Waals surface area contributed by atoms with Crippen LogP contribution >= 0.6 is 11.3 Å². The third-order valence-corrected chi connectivity index (χ3v) is 6.34. The number of hydrogen-bond acceptors (Lipinski definition) is 5. The van der Waals surface area contributed by atoms with Crippen molar-refractivity contribution in [1.82, 2.24) is 10.3 Å². The van der Waals surface area contributed by atoms with E-state index in [-0.39, 0.29) is 24.2 Å². The topological polar surface area (TPSA) is 88.2 Å². The first kappa shape index (κ1) is 21.9. The van der Waals surface area contributed by atoms with Crippen LogP contribution in [0.25, 0.3) is 10.6 Å². The Bertz CT molecular complexity index is 1160. The highest BCUT2D eigenvalue weighted by molar-refractivity contribution is 7.92. The van der Waals surface area contributed by atoms with Gasteiger partial charge in [-0.2, -0.15) is 0 Å². The Labute approximate surface area is 179 Å². The number of nitrogens with zero attached hydrogens (tertiary/aromatic N) is 1. The molecule has 9 heteroatoms. The summed E-state index contributed by atoms with van der Waals surface area (Å²) in [6.07, 6.45) is 1.10. The van der Waals surface area contributed by atoms with Gasteiger partial charge in [-0.15, -0.1) is 11.3 Å². The van der Waals surface area contributed by atoms with E-state index in [0.29, 0.717) is 11.3 Å². The molecule has 0 aliphatic rings. The van der Waals surface area contributed by atoms with Crippen molar-refractivity contribution in [3.05, 3.63) is 70.5 Å². The van der Waals surface area contributed by atoms with Gasteiger partial charge in [-0.3, -0.25) is 9.52 Å². The Hall–Kier alpha value is -2.78. The van der Waals surface area contributed by atoms with E-state index >= 15 is 0 Å². The third-order valence-electron chi connectivity index (χ3n) is 4.36. The van der Waals surface area contributed by atoms with Crippen LogP contribution in [-0.2, 0) is 21.2 Å². The van der Waals surface area contributed by atoms with Gasteiger partial charge in [-0.05, 0) is 49.7 Å². The third kappa shape index (κ3) is 5.64. The molecule has 2 aromatic carbocycles. The molecule has 1 aromatic heterocycles. The summed E-state index contributed by atoms with van der Waals surface area (Å²) in [7, 11) is -3.45. The van der Waals surface area contributed by atoms with Crippen LogP contribution in [0.2, 0.25) is 0 Å².